The molecule has 1 aliphatic carbocycles. The van der Waals surface area contributed by atoms with Gasteiger partial charge in [-0.1, -0.05) is 43.2 Å². The van der Waals surface area contributed by atoms with Gasteiger partial charge in [0, 0.05) is 24.3 Å². The summed E-state index contributed by atoms with van der Waals surface area (Å²) in [6, 6.07) is 13.6. The molecule has 26 heavy (non-hydrogen) atoms. The molecule has 0 atom stereocenters. The number of rotatable bonds is 7. The number of carbonyl (C=O) groups is 2. The molecule has 5 nitrogen and oxygen atoms in total. The highest BCUT2D eigenvalue weighted by atomic mass is 16.2. The van der Waals surface area contributed by atoms with Gasteiger partial charge in [0.25, 0.3) is 11.8 Å². The number of hydrogen-bond donors (Lipinski definition) is 2. The van der Waals surface area contributed by atoms with Crippen molar-refractivity contribution in [2.24, 2.45) is 0 Å². The van der Waals surface area contributed by atoms with Crippen LogP contribution < -0.4 is 10.6 Å². The first-order valence-electron chi connectivity index (χ1n) is 9.31. The minimum absolute atomic E-state index is 0.127. The Morgan fingerprint density at radius 1 is 1.04 bits per heavy atom. The molecule has 1 aliphatic rings. The van der Waals surface area contributed by atoms with Crippen molar-refractivity contribution in [1.29, 1.82) is 0 Å². The Morgan fingerprint density at radius 3 is 2.58 bits per heavy atom. The Morgan fingerprint density at radius 2 is 1.81 bits per heavy atom. The highest BCUT2D eigenvalue weighted by Gasteiger charge is 2.18. The standard InChI is InChI=1S/C21H25N3O2/c25-20(24-18-10-4-5-11-18)17-12-14-22-19(15-17)21(26)23-13-6-9-16-7-2-1-3-8-16/h1-3,7-8,12,14-15,18H,4-6,9-11,13H2,(H,23,26)(H,24,25). The van der Waals surface area contributed by atoms with Crippen LogP contribution in [0.15, 0.2) is 48.7 Å². The number of benzene rings is 1. The van der Waals surface area contributed by atoms with E-state index in [1.54, 1.807) is 12.1 Å². The number of aromatic nitrogens is 1. The van der Waals surface area contributed by atoms with E-state index in [0.29, 0.717) is 12.1 Å². The molecule has 2 amide bonds. The minimum atomic E-state index is -0.242. The second kappa shape index (κ2) is 9.13. The Balaban J connectivity index is 1.48. The molecule has 0 spiro atoms. The van der Waals surface area contributed by atoms with Crippen LogP contribution in [0.1, 0.15) is 58.5 Å². The molecule has 3 rings (SSSR count). The third kappa shape index (κ3) is 5.15. The zero-order chi connectivity index (χ0) is 18.2. The first-order valence-corrected chi connectivity index (χ1v) is 9.31. The number of amides is 2. The molecule has 0 bridgehead atoms. The zero-order valence-corrected chi connectivity index (χ0v) is 14.9. The highest BCUT2D eigenvalue weighted by Crippen LogP contribution is 2.18. The number of aryl methyl sites for hydroxylation is 1. The fraction of sp³-hybridized carbons (Fsp3) is 0.381. The smallest absolute Gasteiger partial charge is 0.269 e. The fourth-order valence-corrected chi connectivity index (χ4v) is 3.26. The summed E-state index contributed by atoms with van der Waals surface area (Å²) in [6.45, 7) is 0.577. The van der Waals surface area contributed by atoms with Crippen LogP contribution in [0, 0.1) is 0 Å². The van der Waals surface area contributed by atoms with E-state index in [2.05, 4.69) is 27.8 Å². The monoisotopic (exact) mass is 351 g/mol. The molecule has 1 aromatic heterocycles. The van der Waals surface area contributed by atoms with Crippen LogP contribution >= 0.6 is 0 Å². The second-order valence-electron chi connectivity index (χ2n) is 6.73. The van der Waals surface area contributed by atoms with Crippen LogP contribution in [-0.2, 0) is 6.42 Å². The maximum absolute atomic E-state index is 12.3. The number of nitrogens with one attached hydrogen (secondary N) is 2. The van der Waals surface area contributed by atoms with Crippen molar-refractivity contribution in [3.05, 3.63) is 65.5 Å². The average Bonchev–Trinajstić information content (AvgIpc) is 3.19. The van der Waals surface area contributed by atoms with E-state index >= 15 is 0 Å². The van der Waals surface area contributed by atoms with Crippen LogP contribution in [0.3, 0.4) is 0 Å². The molecule has 1 heterocycles. The second-order valence-corrected chi connectivity index (χ2v) is 6.73. The lowest BCUT2D eigenvalue weighted by Crippen LogP contribution is -2.33. The van der Waals surface area contributed by atoms with Gasteiger partial charge in [0.05, 0.1) is 0 Å². The van der Waals surface area contributed by atoms with Crippen molar-refractivity contribution < 1.29 is 9.59 Å². The van der Waals surface area contributed by atoms with Crippen LogP contribution in [0.2, 0.25) is 0 Å². The van der Waals surface area contributed by atoms with Gasteiger partial charge < -0.3 is 10.6 Å². The topological polar surface area (TPSA) is 71.1 Å². The van der Waals surface area contributed by atoms with Crippen molar-refractivity contribution in [1.82, 2.24) is 15.6 Å². The Bertz CT molecular complexity index is 740. The van der Waals surface area contributed by atoms with E-state index in [0.717, 1.165) is 38.5 Å². The third-order valence-electron chi connectivity index (χ3n) is 4.72. The molecule has 0 radical (unpaired) electrons. The van der Waals surface area contributed by atoms with Crippen LogP contribution in [0.5, 0.6) is 0 Å². The Kier molecular flexibility index (Phi) is 6.36. The molecule has 2 aromatic rings. The van der Waals surface area contributed by atoms with E-state index in [9.17, 15) is 9.59 Å². The van der Waals surface area contributed by atoms with Gasteiger partial charge in [-0.3, -0.25) is 14.6 Å². The summed E-state index contributed by atoms with van der Waals surface area (Å²) in [5, 5.41) is 5.91. The molecule has 1 aromatic carbocycles. The van der Waals surface area contributed by atoms with Gasteiger partial charge in [0.15, 0.2) is 0 Å². The lowest BCUT2D eigenvalue weighted by molar-refractivity contribution is 0.0937. The Hall–Kier alpha value is -2.69. The normalized spacial score (nSPS) is 14.2. The van der Waals surface area contributed by atoms with E-state index in [4.69, 9.17) is 0 Å². The summed E-state index contributed by atoms with van der Waals surface area (Å²) in [6.07, 6.45) is 7.69. The van der Waals surface area contributed by atoms with Crippen LogP contribution in [0.25, 0.3) is 0 Å². The van der Waals surface area contributed by atoms with E-state index < -0.39 is 0 Å². The van der Waals surface area contributed by atoms with Gasteiger partial charge in [-0.15, -0.1) is 0 Å². The summed E-state index contributed by atoms with van der Waals surface area (Å²) >= 11 is 0. The van der Waals surface area contributed by atoms with Crippen molar-refractivity contribution >= 4 is 11.8 Å². The summed E-state index contributed by atoms with van der Waals surface area (Å²) < 4.78 is 0. The predicted octanol–water partition coefficient (Wildman–Crippen LogP) is 3.12. The number of carbonyl (C=O) groups excluding carboxylic acids is 2. The summed E-state index contributed by atoms with van der Waals surface area (Å²) in [4.78, 5) is 28.7. The lowest BCUT2D eigenvalue weighted by Gasteiger charge is -2.12. The quantitative estimate of drug-likeness (QED) is 0.753. The molecule has 136 valence electrons. The molecular weight excluding hydrogens is 326 g/mol. The first-order chi connectivity index (χ1) is 12.7. The largest absolute Gasteiger partial charge is 0.351 e. The predicted molar refractivity (Wildman–Crippen MR) is 101 cm³/mol. The molecule has 0 unspecified atom stereocenters. The van der Waals surface area contributed by atoms with Crippen molar-refractivity contribution in [3.63, 3.8) is 0 Å². The molecule has 5 heteroatoms. The summed E-state index contributed by atoms with van der Waals surface area (Å²) in [7, 11) is 0. The highest BCUT2D eigenvalue weighted by molar-refractivity contribution is 5.98. The summed E-state index contributed by atoms with van der Waals surface area (Å²) in [5.74, 6) is -0.369. The van der Waals surface area contributed by atoms with E-state index in [1.807, 2.05) is 18.2 Å². The fourth-order valence-electron chi connectivity index (χ4n) is 3.26. The number of pyridine rings is 1. The zero-order valence-electron chi connectivity index (χ0n) is 14.9. The van der Waals surface area contributed by atoms with Crippen LogP contribution in [0.4, 0.5) is 0 Å². The van der Waals surface area contributed by atoms with Gasteiger partial charge in [0.2, 0.25) is 0 Å². The van der Waals surface area contributed by atoms with Gasteiger partial charge in [-0.25, -0.2) is 0 Å². The molecule has 1 saturated carbocycles. The van der Waals surface area contributed by atoms with Gasteiger partial charge >= 0.3 is 0 Å². The maximum Gasteiger partial charge on any atom is 0.269 e. The van der Waals surface area contributed by atoms with E-state index in [-0.39, 0.29) is 23.6 Å². The average molecular weight is 351 g/mol. The Labute approximate surface area is 154 Å². The van der Waals surface area contributed by atoms with Crippen molar-refractivity contribution in [3.8, 4) is 0 Å². The first kappa shape index (κ1) is 18.1. The lowest BCUT2D eigenvalue weighted by atomic mass is 10.1. The summed E-state index contributed by atoms with van der Waals surface area (Å²) in [5.41, 5.74) is 2.02. The molecule has 1 fully saturated rings. The third-order valence-corrected chi connectivity index (χ3v) is 4.72. The molecule has 0 aliphatic heterocycles. The van der Waals surface area contributed by atoms with Crippen LogP contribution in [-0.4, -0.2) is 29.4 Å². The van der Waals surface area contributed by atoms with Crippen molar-refractivity contribution in [2.45, 2.75) is 44.6 Å². The number of hydrogen-bond acceptors (Lipinski definition) is 3. The van der Waals surface area contributed by atoms with Crippen molar-refractivity contribution in [2.75, 3.05) is 6.54 Å². The molecular formula is C21H25N3O2. The van der Waals surface area contributed by atoms with Gasteiger partial charge in [-0.05, 0) is 43.4 Å². The van der Waals surface area contributed by atoms with Gasteiger partial charge in [-0.2, -0.15) is 0 Å². The molecule has 0 saturated heterocycles. The number of nitrogens with zero attached hydrogens (tertiary/aromatic N) is 1. The maximum atomic E-state index is 12.3. The molecule has 2 N–H and O–H groups in total. The van der Waals surface area contributed by atoms with Gasteiger partial charge in [0.1, 0.15) is 5.69 Å². The minimum Gasteiger partial charge on any atom is -0.351 e. The SMILES string of the molecule is O=C(NC1CCCC1)c1ccnc(C(=O)NCCCc2ccccc2)c1. The van der Waals surface area contributed by atoms with E-state index in [1.165, 1.54) is 11.8 Å².